The van der Waals surface area contributed by atoms with Crippen LogP contribution in [0, 0.1) is 12.8 Å². The predicted octanol–water partition coefficient (Wildman–Crippen LogP) is 4.48. The Morgan fingerprint density at radius 2 is 2.03 bits per heavy atom. The van der Waals surface area contributed by atoms with Crippen LogP contribution in [-0.4, -0.2) is 40.4 Å². The molecule has 5 rings (SSSR count). The van der Waals surface area contributed by atoms with E-state index in [-0.39, 0.29) is 5.91 Å². The van der Waals surface area contributed by atoms with E-state index in [0.29, 0.717) is 17.1 Å². The zero-order valence-corrected chi connectivity index (χ0v) is 19.1. The number of nitrogens with zero attached hydrogens (tertiary/aromatic N) is 4. The number of carbonyl (C=O) groups is 1. The summed E-state index contributed by atoms with van der Waals surface area (Å²) in [6.07, 6.45) is 1.09. The number of fused-ring (bicyclic) bond motifs is 5. The molecular weight excluding hydrogens is 489 g/mol. The molecule has 0 radical (unpaired) electrons. The van der Waals surface area contributed by atoms with Crippen molar-refractivity contribution in [1.82, 2.24) is 19.7 Å². The third kappa shape index (κ3) is 2.94. The summed E-state index contributed by atoms with van der Waals surface area (Å²) in [5.41, 5.74) is 5.88. The normalized spacial score (nSPS) is 16.6. The Balaban J connectivity index is 1.86. The number of hydrogen-bond donors (Lipinski definition) is 1. The molecule has 152 valence electrons. The summed E-state index contributed by atoms with van der Waals surface area (Å²) in [6.45, 7) is 8.05. The van der Waals surface area contributed by atoms with Crippen molar-refractivity contribution >= 4 is 61.9 Å². The van der Waals surface area contributed by atoms with Gasteiger partial charge >= 0.3 is 0 Å². The number of pyridine rings is 2. The van der Waals surface area contributed by atoms with Crippen molar-refractivity contribution < 1.29 is 4.79 Å². The highest BCUT2D eigenvalue weighted by molar-refractivity contribution is 14.1. The van der Waals surface area contributed by atoms with Crippen molar-refractivity contribution in [2.75, 3.05) is 25.0 Å². The minimum atomic E-state index is -0.149. The zero-order valence-electron chi connectivity index (χ0n) is 16.9. The number of hydrogen-bond acceptors (Lipinski definition) is 4. The van der Waals surface area contributed by atoms with Gasteiger partial charge < -0.3 is 10.2 Å². The molecule has 1 aliphatic heterocycles. The van der Waals surface area contributed by atoms with Crippen LogP contribution in [0.5, 0.6) is 0 Å². The van der Waals surface area contributed by atoms with E-state index in [9.17, 15) is 4.79 Å². The molecule has 0 saturated carbocycles. The van der Waals surface area contributed by atoms with Gasteiger partial charge in [0, 0.05) is 42.8 Å². The molecule has 1 unspecified atom stereocenters. The standard InChI is InChI=1S/C23H22IN5O/c1-13-10-20(28-9-8-15(12-28)14(2)24)16-11-17(23(30)25-3)22-27-18-6-4-5-7-19(18)29(22)21(16)26-13/h4-7,10-11,15H,2,8-9,12H2,1,3H3,(H,25,30). The number of nitrogens with one attached hydrogen (secondary N) is 1. The fraction of sp³-hybridized carbons (Fsp3) is 0.261. The van der Waals surface area contributed by atoms with Crippen LogP contribution in [0.3, 0.4) is 0 Å². The summed E-state index contributed by atoms with van der Waals surface area (Å²) < 4.78 is 3.22. The Morgan fingerprint density at radius 1 is 1.23 bits per heavy atom. The first-order valence-corrected chi connectivity index (χ1v) is 11.1. The van der Waals surface area contributed by atoms with Crippen LogP contribution < -0.4 is 10.2 Å². The van der Waals surface area contributed by atoms with Gasteiger partial charge in [0.1, 0.15) is 5.65 Å². The lowest BCUT2D eigenvalue weighted by Crippen LogP contribution is -2.22. The second-order valence-corrected chi connectivity index (χ2v) is 9.18. The maximum atomic E-state index is 12.8. The Morgan fingerprint density at radius 3 is 2.77 bits per heavy atom. The van der Waals surface area contributed by atoms with Crippen molar-refractivity contribution in [2.45, 2.75) is 13.3 Å². The van der Waals surface area contributed by atoms with Crippen LogP contribution in [-0.2, 0) is 0 Å². The first-order chi connectivity index (χ1) is 14.5. The van der Waals surface area contributed by atoms with Gasteiger partial charge in [-0.1, -0.05) is 18.7 Å². The van der Waals surface area contributed by atoms with E-state index in [1.54, 1.807) is 7.05 Å². The monoisotopic (exact) mass is 511 g/mol. The number of carbonyl (C=O) groups excluding carboxylic acids is 1. The zero-order chi connectivity index (χ0) is 21.0. The molecular formula is C23H22IN5O. The van der Waals surface area contributed by atoms with E-state index in [1.165, 1.54) is 3.58 Å². The average Bonchev–Trinajstić information content (AvgIpc) is 3.37. The van der Waals surface area contributed by atoms with E-state index >= 15 is 0 Å². The highest BCUT2D eigenvalue weighted by Gasteiger charge is 2.27. The molecule has 1 atom stereocenters. The van der Waals surface area contributed by atoms with E-state index in [0.717, 1.165) is 53.0 Å². The van der Waals surface area contributed by atoms with Crippen LogP contribution in [0.25, 0.3) is 27.7 Å². The number of anilines is 1. The first-order valence-electron chi connectivity index (χ1n) is 10.0. The van der Waals surface area contributed by atoms with Gasteiger partial charge in [-0.15, -0.1) is 0 Å². The number of para-hydroxylation sites is 2. The molecule has 0 bridgehead atoms. The predicted molar refractivity (Wildman–Crippen MR) is 130 cm³/mol. The van der Waals surface area contributed by atoms with Crippen LogP contribution in [0.15, 0.2) is 46.6 Å². The minimum absolute atomic E-state index is 0.149. The van der Waals surface area contributed by atoms with Crippen molar-refractivity contribution in [2.24, 2.45) is 5.92 Å². The van der Waals surface area contributed by atoms with Crippen molar-refractivity contribution in [1.29, 1.82) is 0 Å². The number of aromatic nitrogens is 3. The van der Waals surface area contributed by atoms with E-state index in [4.69, 9.17) is 9.97 Å². The molecule has 4 aromatic rings. The Hall–Kier alpha value is -2.68. The Kier molecular flexibility index (Phi) is 4.65. The fourth-order valence-electron chi connectivity index (χ4n) is 4.39. The smallest absolute Gasteiger partial charge is 0.254 e. The molecule has 1 saturated heterocycles. The second kappa shape index (κ2) is 7.23. The molecule has 0 aliphatic carbocycles. The SMILES string of the molecule is C=C(I)C1CCN(c2cc(C)nc3c2cc(C(=O)NC)c2nc4ccccc4n23)C1. The Labute approximate surface area is 188 Å². The topological polar surface area (TPSA) is 62.5 Å². The lowest BCUT2D eigenvalue weighted by atomic mass is 10.1. The summed E-state index contributed by atoms with van der Waals surface area (Å²) in [7, 11) is 1.65. The highest BCUT2D eigenvalue weighted by Crippen LogP contribution is 2.36. The second-order valence-electron chi connectivity index (χ2n) is 7.80. The maximum absolute atomic E-state index is 12.8. The van der Waals surface area contributed by atoms with Gasteiger partial charge in [-0.3, -0.25) is 9.20 Å². The molecule has 4 heterocycles. The summed E-state index contributed by atoms with van der Waals surface area (Å²) in [4.78, 5) is 24.8. The number of aryl methyl sites for hydroxylation is 1. The third-order valence-corrected chi connectivity index (χ3v) is 6.77. The van der Waals surface area contributed by atoms with Crippen LogP contribution >= 0.6 is 22.6 Å². The van der Waals surface area contributed by atoms with Crippen molar-refractivity contribution in [3.05, 3.63) is 57.8 Å². The van der Waals surface area contributed by atoms with Gasteiger partial charge in [0.25, 0.3) is 5.91 Å². The molecule has 1 N–H and O–H groups in total. The van der Waals surface area contributed by atoms with Gasteiger partial charge in [-0.05, 0) is 63.8 Å². The molecule has 1 amide bonds. The molecule has 1 fully saturated rings. The van der Waals surface area contributed by atoms with Crippen LogP contribution in [0.4, 0.5) is 5.69 Å². The molecule has 7 heteroatoms. The number of rotatable bonds is 3. The summed E-state index contributed by atoms with van der Waals surface area (Å²) in [5.74, 6) is 0.328. The quantitative estimate of drug-likeness (QED) is 0.413. The van der Waals surface area contributed by atoms with E-state index in [2.05, 4.69) is 45.5 Å². The summed E-state index contributed by atoms with van der Waals surface area (Å²) in [6, 6.07) is 12.0. The fourth-order valence-corrected chi connectivity index (χ4v) is 4.90. The van der Waals surface area contributed by atoms with Gasteiger partial charge in [0.15, 0.2) is 5.65 Å². The molecule has 6 nitrogen and oxygen atoms in total. The summed E-state index contributed by atoms with van der Waals surface area (Å²) >= 11 is 2.34. The maximum Gasteiger partial charge on any atom is 0.254 e. The largest absolute Gasteiger partial charge is 0.370 e. The minimum Gasteiger partial charge on any atom is -0.370 e. The average molecular weight is 511 g/mol. The molecule has 0 spiro atoms. The van der Waals surface area contributed by atoms with Gasteiger partial charge in [0.05, 0.1) is 16.6 Å². The highest BCUT2D eigenvalue weighted by atomic mass is 127. The van der Waals surface area contributed by atoms with Crippen LogP contribution in [0.2, 0.25) is 0 Å². The van der Waals surface area contributed by atoms with Crippen LogP contribution in [0.1, 0.15) is 22.5 Å². The number of amides is 1. The van der Waals surface area contributed by atoms with Crippen molar-refractivity contribution in [3.8, 4) is 0 Å². The summed E-state index contributed by atoms with van der Waals surface area (Å²) in [5, 5.41) is 3.73. The first kappa shape index (κ1) is 19.3. The third-order valence-electron chi connectivity index (χ3n) is 5.89. The van der Waals surface area contributed by atoms with E-state index in [1.807, 2.05) is 41.7 Å². The lowest BCUT2D eigenvalue weighted by molar-refractivity contribution is 0.0964. The number of benzene rings is 1. The van der Waals surface area contributed by atoms with E-state index < -0.39 is 0 Å². The molecule has 3 aromatic heterocycles. The number of imidazole rings is 1. The van der Waals surface area contributed by atoms with Gasteiger partial charge in [-0.2, -0.15) is 0 Å². The van der Waals surface area contributed by atoms with Gasteiger partial charge in [-0.25, -0.2) is 9.97 Å². The Bertz CT molecular complexity index is 1340. The number of halogens is 1. The van der Waals surface area contributed by atoms with Gasteiger partial charge in [0.2, 0.25) is 0 Å². The molecule has 30 heavy (non-hydrogen) atoms. The lowest BCUT2D eigenvalue weighted by Gasteiger charge is -2.22. The molecule has 1 aliphatic rings. The van der Waals surface area contributed by atoms with Crippen molar-refractivity contribution in [3.63, 3.8) is 0 Å². The molecule has 1 aromatic carbocycles.